The number of unbranched alkanes of at least 4 members (excludes halogenated alkanes) is 3. The van der Waals surface area contributed by atoms with Gasteiger partial charge in [-0.25, -0.2) is 4.79 Å². The topological polar surface area (TPSA) is 81.4 Å². The van der Waals surface area contributed by atoms with Gasteiger partial charge in [-0.1, -0.05) is 38.3 Å². The predicted molar refractivity (Wildman–Crippen MR) is 99.1 cm³/mol. The summed E-state index contributed by atoms with van der Waals surface area (Å²) in [6, 6.07) is 6.77. The van der Waals surface area contributed by atoms with Crippen molar-refractivity contribution in [2.24, 2.45) is 5.73 Å². The van der Waals surface area contributed by atoms with Gasteiger partial charge in [0.2, 0.25) is 5.91 Å². The van der Waals surface area contributed by atoms with Crippen molar-refractivity contribution in [1.82, 2.24) is 5.32 Å². The van der Waals surface area contributed by atoms with Crippen LogP contribution in [0, 0.1) is 0 Å². The van der Waals surface area contributed by atoms with Crippen molar-refractivity contribution in [3.05, 3.63) is 35.4 Å². The van der Waals surface area contributed by atoms with Crippen molar-refractivity contribution in [2.45, 2.75) is 44.4 Å². The zero-order chi connectivity index (χ0) is 17.8. The van der Waals surface area contributed by atoms with E-state index >= 15 is 0 Å². The molecule has 0 aromatic heterocycles. The summed E-state index contributed by atoms with van der Waals surface area (Å²) in [4.78, 5) is 23.2. The van der Waals surface area contributed by atoms with Gasteiger partial charge in [-0.05, 0) is 24.1 Å². The highest BCUT2D eigenvalue weighted by Crippen LogP contribution is 2.14. The van der Waals surface area contributed by atoms with Crippen LogP contribution in [0.3, 0.4) is 0 Å². The number of hydrogen-bond donors (Lipinski definition) is 2. The summed E-state index contributed by atoms with van der Waals surface area (Å²) in [7, 11) is 1.36. The average molecular weight is 353 g/mol. The summed E-state index contributed by atoms with van der Waals surface area (Å²) in [5.41, 5.74) is 7.53. The Morgan fingerprint density at radius 3 is 2.54 bits per heavy atom. The van der Waals surface area contributed by atoms with Crippen molar-refractivity contribution in [2.75, 3.05) is 19.4 Å². The fraction of sp³-hybridized carbons (Fsp3) is 0.556. The Kier molecular flexibility index (Phi) is 10.2. The Hall–Kier alpha value is -1.53. The van der Waals surface area contributed by atoms with Gasteiger partial charge in [-0.15, -0.1) is 0 Å². The molecule has 1 aromatic carbocycles. The van der Waals surface area contributed by atoms with Gasteiger partial charge in [0.1, 0.15) is 0 Å². The molecule has 0 fully saturated rings. The first-order valence-corrected chi connectivity index (χ1v) is 9.52. The standard InChI is InChI=1S/C18H28N2O3S/c1-3-4-5-6-11-20-17(21)16(19)13-24-12-14-7-9-15(10-8-14)18(22)23-2/h7-10,16H,3-6,11-13,19H2,1-2H3,(H,20,21)/t16-/m1/s1. The highest BCUT2D eigenvalue weighted by molar-refractivity contribution is 7.98. The molecule has 5 nitrogen and oxygen atoms in total. The van der Waals surface area contributed by atoms with E-state index in [2.05, 4.69) is 17.0 Å². The first-order valence-electron chi connectivity index (χ1n) is 8.36. The van der Waals surface area contributed by atoms with Crippen LogP contribution in [0.2, 0.25) is 0 Å². The van der Waals surface area contributed by atoms with E-state index in [0.29, 0.717) is 17.9 Å². The minimum atomic E-state index is -0.490. The van der Waals surface area contributed by atoms with E-state index in [9.17, 15) is 9.59 Å². The zero-order valence-corrected chi connectivity index (χ0v) is 15.4. The van der Waals surface area contributed by atoms with Crippen molar-refractivity contribution in [3.8, 4) is 0 Å². The monoisotopic (exact) mass is 352 g/mol. The van der Waals surface area contributed by atoms with Gasteiger partial charge in [0.15, 0.2) is 0 Å². The molecule has 1 rings (SSSR count). The molecule has 0 heterocycles. The molecule has 0 spiro atoms. The number of benzene rings is 1. The fourth-order valence-electron chi connectivity index (χ4n) is 2.13. The van der Waals surface area contributed by atoms with E-state index in [-0.39, 0.29) is 11.9 Å². The molecular weight excluding hydrogens is 324 g/mol. The Balaban J connectivity index is 2.23. The lowest BCUT2D eigenvalue weighted by Crippen LogP contribution is -2.42. The lowest BCUT2D eigenvalue weighted by Gasteiger charge is -2.12. The van der Waals surface area contributed by atoms with Gasteiger partial charge in [-0.3, -0.25) is 4.79 Å². The molecule has 134 valence electrons. The molecule has 0 aliphatic carbocycles. The van der Waals surface area contributed by atoms with Gasteiger partial charge >= 0.3 is 5.97 Å². The molecule has 0 saturated heterocycles. The number of thioether (sulfide) groups is 1. The summed E-state index contributed by atoms with van der Waals surface area (Å²) in [6.45, 7) is 2.86. The van der Waals surface area contributed by atoms with E-state index < -0.39 is 6.04 Å². The van der Waals surface area contributed by atoms with Gasteiger partial charge in [0, 0.05) is 18.1 Å². The molecule has 0 radical (unpaired) electrons. The summed E-state index contributed by atoms with van der Waals surface area (Å²) in [5.74, 6) is 0.894. The zero-order valence-electron chi connectivity index (χ0n) is 14.5. The van der Waals surface area contributed by atoms with Crippen molar-refractivity contribution >= 4 is 23.6 Å². The molecule has 24 heavy (non-hydrogen) atoms. The number of carbonyl (C=O) groups excluding carboxylic acids is 2. The number of nitrogens with one attached hydrogen (secondary N) is 1. The van der Waals surface area contributed by atoms with Gasteiger partial charge in [-0.2, -0.15) is 11.8 Å². The van der Waals surface area contributed by atoms with Gasteiger partial charge in [0.05, 0.1) is 18.7 Å². The molecule has 3 N–H and O–H groups in total. The second-order valence-corrected chi connectivity index (χ2v) is 6.69. The van der Waals surface area contributed by atoms with Crippen molar-refractivity contribution in [1.29, 1.82) is 0 Å². The number of methoxy groups -OCH3 is 1. The third kappa shape index (κ3) is 7.84. The van der Waals surface area contributed by atoms with Crippen LogP contribution in [0.1, 0.15) is 48.5 Å². The number of rotatable bonds is 11. The Morgan fingerprint density at radius 2 is 1.92 bits per heavy atom. The highest BCUT2D eigenvalue weighted by atomic mass is 32.2. The summed E-state index contributed by atoms with van der Waals surface area (Å²) in [6.07, 6.45) is 4.53. The first kappa shape index (κ1) is 20.5. The molecule has 0 aliphatic rings. The van der Waals surface area contributed by atoms with E-state index in [1.807, 2.05) is 12.1 Å². The SMILES string of the molecule is CCCCCCNC(=O)[C@H](N)CSCc1ccc(C(=O)OC)cc1. The molecule has 6 heteroatoms. The molecule has 1 amide bonds. The lowest BCUT2D eigenvalue weighted by molar-refractivity contribution is -0.121. The number of amides is 1. The maximum atomic E-state index is 11.9. The molecule has 0 saturated carbocycles. The third-order valence-electron chi connectivity index (χ3n) is 3.61. The van der Waals surface area contributed by atoms with Crippen LogP contribution in [0.15, 0.2) is 24.3 Å². The van der Waals surface area contributed by atoms with Crippen LogP contribution in [0.5, 0.6) is 0 Å². The minimum absolute atomic E-state index is 0.0833. The normalized spacial score (nSPS) is 11.8. The van der Waals surface area contributed by atoms with Crippen LogP contribution in [0.4, 0.5) is 0 Å². The highest BCUT2D eigenvalue weighted by Gasteiger charge is 2.12. The van der Waals surface area contributed by atoms with E-state index in [0.717, 1.165) is 24.2 Å². The third-order valence-corrected chi connectivity index (χ3v) is 4.74. The average Bonchev–Trinajstić information content (AvgIpc) is 2.61. The van der Waals surface area contributed by atoms with Crippen LogP contribution >= 0.6 is 11.8 Å². The fourth-order valence-corrected chi connectivity index (χ4v) is 3.08. The second kappa shape index (κ2) is 11.9. The largest absolute Gasteiger partial charge is 0.465 e. The smallest absolute Gasteiger partial charge is 0.337 e. The van der Waals surface area contributed by atoms with Crippen molar-refractivity contribution < 1.29 is 14.3 Å². The number of carbonyl (C=O) groups is 2. The number of hydrogen-bond acceptors (Lipinski definition) is 5. The van der Waals surface area contributed by atoms with Crippen LogP contribution in [-0.2, 0) is 15.3 Å². The molecule has 0 unspecified atom stereocenters. The first-order chi connectivity index (χ1) is 11.6. The van der Waals surface area contributed by atoms with Crippen molar-refractivity contribution in [3.63, 3.8) is 0 Å². The number of ether oxygens (including phenoxy) is 1. The number of nitrogens with two attached hydrogens (primary N) is 1. The summed E-state index contributed by atoms with van der Waals surface area (Å²) < 4.78 is 4.66. The van der Waals surface area contributed by atoms with Crippen LogP contribution in [-0.4, -0.2) is 37.3 Å². The molecular formula is C18H28N2O3S. The number of esters is 1. The maximum absolute atomic E-state index is 11.9. The van der Waals surface area contributed by atoms with E-state index in [1.54, 1.807) is 23.9 Å². The Labute approximate surface area is 148 Å². The minimum Gasteiger partial charge on any atom is -0.465 e. The lowest BCUT2D eigenvalue weighted by atomic mass is 10.1. The van der Waals surface area contributed by atoms with Gasteiger partial charge in [0.25, 0.3) is 0 Å². The van der Waals surface area contributed by atoms with Gasteiger partial charge < -0.3 is 15.8 Å². The Morgan fingerprint density at radius 1 is 1.21 bits per heavy atom. The van der Waals surface area contributed by atoms with Crippen LogP contribution < -0.4 is 11.1 Å². The van der Waals surface area contributed by atoms with E-state index in [4.69, 9.17) is 5.73 Å². The summed E-state index contributed by atoms with van der Waals surface area (Å²) in [5, 5.41) is 2.89. The maximum Gasteiger partial charge on any atom is 0.337 e. The van der Waals surface area contributed by atoms with Crippen LogP contribution in [0.25, 0.3) is 0 Å². The predicted octanol–water partition coefficient (Wildman–Crippen LogP) is 2.73. The molecule has 0 bridgehead atoms. The second-order valence-electron chi connectivity index (χ2n) is 5.66. The summed E-state index contributed by atoms with van der Waals surface area (Å²) >= 11 is 1.61. The molecule has 1 aromatic rings. The Bertz CT molecular complexity index is 505. The molecule has 0 aliphatic heterocycles. The molecule has 1 atom stereocenters. The quantitative estimate of drug-likeness (QED) is 0.473. The van der Waals surface area contributed by atoms with E-state index in [1.165, 1.54) is 20.0 Å².